The topological polar surface area (TPSA) is 14.8 Å². The van der Waals surface area contributed by atoms with Crippen molar-refractivity contribution < 1.29 is 0 Å². The standard InChI is InChI=1S/C48H31N3/c1-7-22-42(35(16-1)32-14-13-15-33(30-32)49-43-23-8-2-17-36(43)37-18-3-9-24-44(37)49)51-47-27-12-6-21-40(47)41-29-28-34(31-48(41)51)50-45-25-10-4-19-38(45)39-20-5-11-26-46(39)50/h1-31H. The Morgan fingerprint density at radius 1 is 0.255 bits per heavy atom. The molecule has 3 aromatic heterocycles. The molecule has 0 aliphatic carbocycles. The molecule has 0 bridgehead atoms. The average molecular weight is 650 g/mol. The van der Waals surface area contributed by atoms with Crippen molar-refractivity contribution in [1.82, 2.24) is 13.7 Å². The van der Waals surface area contributed by atoms with Crippen LogP contribution in [-0.2, 0) is 0 Å². The maximum atomic E-state index is 2.46. The molecule has 11 rings (SSSR count). The summed E-state index contributed by atoms with van der Waals surface area (Å²) in [6.45, 7) is 0. The maximum Gasteiger partial charge on any atom is 0.0562 e. The first-order chi connectivity index (χ1) is 25.3. The van der Waals surface area contributed by atoms with E-state index in [0.717, 1.165) is 17.1 Å². The van der Waals surface area contributed by atoms with Gasteiger partial charge in [0, 0.05) is 49.3 Å². The highest BCUT2D eigenvalue weighted by molar-refractivity contribution is 6.13. The van der Waals surface area contributed by atoms with Gasteiger partial charge in [-0.25, -0.2) is 0 Å². The third kappa shape index (κ3) is 4.06. The van der Waals surface area contributed by atoms with Gasteiger partial charge in [0.05, 0.1) is 38.8 Å². The maximum absolute atomic E-state index is 2.46. The van der Waals surface area contributed by atoms with E-state index in [1.165, 1.54) is 76.5 Å². The summed E-state index contributed by atoms with van der Waals surface area (Å²) in [5.74, 6) is 0. The van der Waals surface area contributed by atoms with E-state index in [0.29, 0.717) is 0 Å². The average Bonchev–Trinajstić information content (AvgIpc) is 3.83. The molecule has 238 valence electrons. The Bertz CT molecular complexity index is 3040. The Morgan fingerprint density at radius 2 is 0.667 bits per heavy atom. The highest BCUT2D eigenvalue weighted by atomic mass is 15.0. The Hall–Kier alpha value is -6.84. The fourth-order valence-electron chi connectivity index (χ4n) is 8.48. The molecule has 3 nitrogen and oxygen atoms in total. The fraction of sp³-hybridized carbons (Fsp3) is 0. The van der Waals surface area contributed by atoms with Crippen molar-refractivity contribution in [2.45, 2.75) is 0 Å². The molecule has 0 unspecified atom stereocenters. The minimum Gasteiger partial charge on any atom is -0.309 e. The van der Waals surface area contributed by atoms with Crippen LogP contribution < -0.4 is 0 Å². The molecule has 0 radical (unpaired) electrons. The van der Waals surface area contributed by atoms with Crippen molar-refractivity contribution in [2.24, 2.45) is 0 Å². The first kappa shape index (κ1) is 28.0. The minimum absolute atomic E-state index is 1.15. The van der Waals surface area contributed by atoms with E-state index in [1.54, 1.807) is 0 Å². The zero-order chi connectivity index (χ0) is 33.5. The molecule has 11 aromatic rings. The van der Waals surface area contributed by atoms with Gasteiger partial charge in [0.15, 0.2) is 0 Å². The molecule has 0 saturated heterocycles. The summed E-state index contributed by atoms with van der Waals surface area (Å²) >= 11 is 0. The minimum atomic E-state index is 1.15. The number of para-hydroxylation sites is 6. The van der Waals surface area contributed by atoms with Gasteiger partial charge in [-0.2, -0.15) is 0 Å². The van der Waals surface area contributed by atoms with Crippen molar-refractivity contribution in [1.29, 1.82) is 0 Å². The van der Waals surface area contributed by atoms with E-state index in [2.05, 4.69) is 202 Å². The third-order valence-electron chi connectivity index (χ3n) is 10.6. The van der Waals surface area contributed by atoms with E-state index >= 15 is 0 Å². The van der Waals surface area contributed by atoms with Gasteiger partial charge >= 0.3 is 0 Å². The second kappa shape index (κ2) is 10.8. The molecule has 8 aromatic carbocycles. The molecule has 0 fully saturated rings. The third-order valence-corrected chi connectivity index (χ3v) is 10.6. The first-order valence-electron chi connectivity index (χ1n) is 17.5. The van der Waals surface area contributed by atoms with E-state index < -0.39 is 0 Å². The van der Waals surface area contributed by atoms with Gasteiger partial charge < -0.3 is 13.7 Å². The molecule has 0 N–H and O–H groups in total. The van der Waals surface area contributed by atoms with Crippen LogP contribution in [0.1, 0.15) is 0 Å². The summed E-state index contributed by atoms with van der Waals surface area (Å²) in [6.07, 6.45) is 0. The summed E-state index contributed by atoms with van der Waals surface area (Å²) in [6, 6.07) is 68.5. The van der Waals surface area contributed by atoms with Crippen LogP contribution in [0.5, 0.6) is 0 Å². The predicted octanol–water partition coefficient (Wildman–Crippen LogP) is 12.6. The van der Waals surface area contributed by atoms with Crippen molar-refractivity contribution in [2.75, 3.05) is 0 Å². The van der Waals surface area contributed by atoms with E-state index in [1.807, 2.05) is 0 Å². The van der Waals surface area contributed by atoms with Crippen LogP contribution in [-0.4, -0.2) is 13.7 Å². The Balaban J connectivity index is 1.16. The summed E-state index contributed by atoms with van der Waals surface area (Å²) in [4.78, 5) is 0. The molecular weight excluding hydrogens is 619 g/mol. The van der Waals surface area contributed by atoms with Crippen LogP contribution in [0.2, 0.25) is 0 Å². The largest absolute Gasteiger partial charge is 0.309 e. The first-order valence-corrected chi connectivity index (χ1v) is 17.5. The quantitative estimate of drug-likeness (QED) is 0.180. The predicted molar refractivity (Wildman–Crippen MR) is 215 cm³/mol. The molecule has 0 spiro atoms. The second-order valence-electron chi connectivity index (χ2n) is 13.4. The summed E-state index contributed by atoms with van der Waals surface area (Å²) in [5, 5.41) is 7.55. The Kier molecular flexibility index (Phi) is 5.96. The van der Waals surface area contributed by atoms with Crippen molar-refractivity contribution >= 4 is 65.4 Å². The summed E-state index contributed by atoms with van der Waals surface area (Å²) in [7, 11) is 0. The lowest BCUT2D eigenvalue weighted by Gasteiger charge is -2.16. The molecule has 0 atom stereocenters. The highest BCUT2D eigenvalue weighted by Crippen LogP contribution is 2.40. The summed E-state index contributed by atoms with van der Waals surface area (Å²) in [5.41, 5.74) is 13.0. The number of hydrogen-bond donors (Lipinski definition) is 0. The number of hydrogen-bond acceptors (Lipinski definition) is 0. The second-order valence-corrected chi connectivity index (χ2v) is 13.4. The Morgan fingerprint density at radius 3 is 1.20 bits per heavy atom. The number of fused-ring (bicyclic) bond motifs is 9. The molecule has 0 aliphatic heterocycles. The van der Waals surface area contributed by atoms with Crippen LogP contribution in [0.15, 0.2) is 188 Å². The molecule has 0 aliphatic rings. The fourth-order valence-corrected chi connectivity index (χ4v) is 8.48. The van der Waals surface area contributed by atoms with Gasteiger partial charge in [0.2, 0.25) is 0 Å². The smallest absolute Gasteiger partial charge is 0.0562 e. The van der Waals surface area contributed by atoms with Gasteiger partial charge in [-0.1, -0.05) is 127 Å². The molecular formula is C48H31N3. The van der Waals surface area contributed by atoms with Crippen LogP contribution in [0.3, 0.4) is 0 Å². The van der Waals surface area contributed by atoms with Gasteiger partial charge in [0.1, 0.15) is 0 Å². The zero-order valence-corrected chi connectivity index (χ0v) is 27.7. The monoisotopic (exact) mass is 649 g/mol. The van der Waals surface area contributed by atoms with Crippen LogP contribution in [0, 0.1) is 0 Å². The van der Waals surface area contributed by atoms with Gasteiger partial charge in [-0.05, 0) is 66.2 Å². The number of aromatic nitrogens is 3. The van der Waals surface area contributed by atoms with E-state index in [9.17, 15) is 0 Å². The molecule has 51 heavy (non-hydrogen) atoms. The number of nitrogens with zero attached hydrogens (tertiary/aromatic N) is 3. The van der Waals surface area contributed by atoms with Gasteiger partial charge in [-0.15, -0.1) is 0 Å². The molecule has 0 saturated carbocycles. The lowest BCUT2D eigenvalue weighted by Crippen LogP contribution is -1.99. The van der Waals surface area contributed by atoms with Crippen LogP contribution in [0.4, 0.5) is 0 Å². The van der Waals surface area contributed by atoms with Crippen LogP contribution >= 0.6 is 0 Å². The van der Waals surface area contributed by atoms with Crippen molar-refractivity contribution in [3.63, 3.8) is 0 Å². The van der Waals surface area contributed by atoms with Gasteiger partial charge in [-0.3, -0.25) is 0 Å². The molecule has 3 heteroatoms. The SMILES string of the molecule is c1cc(-c2ccccc2-n2c3ccccc3c3ccc(-n4c5ccccc5c5ccccc54)cc32)cc(-n2c3ccccc3c3ccccc32)c1. The lowest BCUT2D eigenvalue weighted by molar-refractivity contribution is 1.15. The number of rotatable bonds is 4. The zero-order valence-electron chi connectivity index (χ0n) is 27.7. The lowest BCUT2D eigenvalue weighted by atomic mass is 10.0. The van der Waals surface area contributed by atoms with Crippen molar-refractivity contribution in [3.8, 4) is 28.2 Å². The van der Waals surface area contributed by atoms with Crippen molar-refractivity contribution in [3.05, 3.63) is 188 Å². The summed E-state index contributed by atoms with van der Waals surface area (Å²) < 4.78 is 7.27. The van der Waals surface area contributed by atoms with Gasteiger partial charge in [0.25, 0.3) is 0 Å². The van der Waals surface area contributed by atoms with Crippen LogP contribution in [0.25, 0.3) is 93.6 Å². The number of benzene rings is 8. The Labute approximate surface area is 294 Å². The normalized spacial score (nSPS) is 11.9. The van der Waals surface area contributed by atoms with E-state index in [4.69, 9.17) is 0 Å². The highest BCUT2D eigenvalue weighted by Gasteiger charge is 2.19. The van der Waals surface area contributed by atoms with E-state index in [-0.39, 0.29) is 0 Å². The molecule has 3 heterocycles. The molecule has 0 amide bonds.